The summed E-state index contributed by atoms with van der Waals surface area (Å²) in [6.45, 7) is 35.5. The second kappa shape index (κ2) is 38.0. The highest BCUT2D eigenvalue weighted by molar-refractivity contribution is 5.90. The first-order chi connectivity index (χ1) is 40.9. The van der Waals surface area contributed by atoms with E-state index in [0.29, 0.717) is 82.8 Å². The Morgan fingerprint density at radius 3 is 1.38 bits per heavy atom. The maximum atomic E-state index is 11.8. The first-order valence-electron chi connectivity index (χ1n) is 30.3. The van der Waals surface area contributed by atoms with Crippen LogP contribution >= 0.6 is 0 Å². The zero-order valence-electron chi connectivity index (χ0n) is 53.2. The van der Waals surface area contributed by atoms with Gasteiger partial charge in [-0.3, -0.25) is 0 Å². The summed E-state index contributed by atoms with van der Waals surface area (Å²) in [5, 5.41) is 53.5. The molecule has 0 saturated heterocycles. The SMILES string of the molecule is C.C=C(C)C(=O)OC1CC2CC1C1C3CC(CO)C(C3)C21.C=C(C)C(=O)OCC1CCC2CC(CO)CCC2C1.C=C(C)C(=O)Oc1ccc(O)c(CO)c1.C=C(C)C(=O)Oc1ccccc1.C=C(C)C(=O)Oc1ccccc1.CC(C)(C)O.CC(C)O. The molecule has 9 rings (SSSR count). The lowest BCUT2D eigenvalue weighted by Crippen LogP contribution is -2.40. The Bertz CT molecular complexity index is 2670. The Hall–Kier alpha value is -6.69. The van der Waals surface area contributed by atoms with Crippen LogP contribution in [0.4, 0.5) is 0 Å². The van der Waals surface area contributed by atoms with Gasteiger partial charge in [0.25, 0.3) is 0 Å². The molecular weight excluding hydrogens is 1120 g/mol. The number of aliphatic hydroxyl groups excluding tert-OH is 4. The van der Waals surface area contributed by atoms with E-state index in [4.69, 9.17) is 39.0 Å². The number of aliphatic hydroxyl groups is 5. The van der Waals surface area contributed by atoms with Crippen LogP contribution in [-0.4, -0.2) is 98.1 Å². The lowest BCUT2D eigenvalue weighted by molar-refractivity contribution is -0.149. The Balaban J connectivity index is 0.000000366. The van der Waals surface area contributed by atoms with Gasteiger partial charge in [-0.2, -0.15) is 0 Å². The summed E-state index contributed by atoms with van der Waals surface area (Å²) in [5.74, 6) is 7.16. The molecule has 0 aliphatic heterocycles. The molecule has 0 radical (unpaired) electrons. The van der Waals surface area contributed by atoms with Crippen LogP contribution in [-0.2, 0) is 40.1 Å². The van der Waals surface area contributed by atoms with Gasteiger partial charge in [0.2, 0.25) is 0 Å². The number of carbonyl (C=O) groups excluding carboxylic acids is 5. The topological polar surface area (TPSA) is 253 Å². The van der Waals surface area contributed by atoms with Crippen molar-refractivity contribution in [3.05, 3.63) is 145 Å². The van der Waals surface area contributed by atoms with Crippen molar-refractivity contribution in [1.29, 1.82) is 0 Å². The van der Waals surface area contributed by atoms with E-state index in [1.54, 1.807) is 111 Å². The number of fused-ring (bicyclic) bond motifs is 10. The van der Waals surface area contributed by atoms with E-state index in [1.165, 1.54) is 70.1 Å². The number of hydrogen-bond acceptors (Lipinski definition) is 16. The lowest BCUT2D eigenvalue weighted by Gasteiger charge is -2.41. The highest BCUT2D eigenvalue weighted by atomic mass is 16.6. The molecule has 3 aromatic carbocycles. The van der Waals surface area contributed by atoms with Crippen molar-refractivity contribution in [2.24, 2.45) is 65.1 Å². The molecule has 12 atom stereocenters. The third kappa shape index (κ3) is 26.6. The van der Waals surface area contributed by atoms with Crippen molar-refractivity contribution in [2.75, 3.05) is 19.8 Å². The summed E-state index contributed by atoms with van der Waals surface area (Å²) in [5.41, 5.74) is 1.89. The van der Waals surface area contributed by atoms with Crippen LogP contribution in [0.15, 0.2) is 140 Å². The van der Waals surface area contributed by atoms with Crippen LogP contribution in [0.5, 0.6) is 23.0 Å². The van der Waals surface area contributed by atoms with Gasteiger partial charge < -0.3 is 54.3 Å². The largest absolute Gasteiger partial charge is 0.508 e. The zero-order valence-corrected chi connectivity index (χ0v) is 53.2. The summed E-state index contributed by atoms with van der Waals surface area (Å²) in [4.78, 5) is 56.3. The quantitative estimate of drug-likeness (QED) is 0.0380. The molecule has 6 saturated carbocycles. The van der Waals surface area contributed by atoms with Gasteiger partial charge in [0.05, 0.1) is 18.8 Å². The van der Waals surface area contributed by atoms with E-state index in [9.17, 15) is 39.3 Å². The monoisotopic (exact) mass is 1220 g/mol. The molecule has 0 amide bonds. The maximum absolute atomic E-state index is 11.8. The standard InChI is InChI=1S/C17H24O3.C16H26O3.C11H12O4.2C10H10O2.C4H10O.C3H8O.CH4/c1-8(2)17(19)20-14-6-10-5-13(14)16-9-3-11(7-18)12(4-9)15(10)16;1-11(2)16(18)19-10-13-4-6-14-7-12(9-17)3-5-15(14)8-13;1-7(2)11(14)15-9-3-4-10(13)8(5-9)6-12;2*1-8(2)10(11)12-9-6-4-3-5-7-9;1-4(2,3)5;1-3(2)4;/h9-16,18H,1,3-7H2,2H3;12-15,17H,1,3-10H2,2H3;3-5,12-13H,1,6H2,2H3;2*3-7H,1H2,2H3;5H,1-3H3;3-4H,1-2H3;1H4. The minimum Gasteiger partial charge on any atom is -0.508 e. The maximum Gasteiger partial charge on any atom is 0.338 e. The molecule has 3 aromatic rings. The molecule has 12 unspecified atom stereocenters. The van der Waals surface area contributed by atoms with Crippen molar-refractivity contribution in [2.45, 2.75) is 165 Å². The molecule has 6 aliphatic rings. The normalized spacial score (nSPS) is 24.3. The van der Waals surface area contributed by atoms with Gasteiger partial charge in [0.1, 0.15) is 29.1 Å². The van der Waals surface area contributed by atoms with Gasteiger partial charge >= 0.3 is 29.8 Å². The highest BCUT2D eigenvalue weighted by Crippen LogP contribution is 2.69. The zero-order chi connectivity index (χ0) is 65.3. The second-order valence-electron chi connectivity index (χ2n) is 25.4. The van der Waals surface area contributed by atoms with E-state index in [-0.39, 0.29) is 67.2 Å². The predicted octanol–water partition coefficient (Wildman–Crippen LogP) is 12.8. The van der Waals surface area contributed by atoms with E-state index in [1.807, 2.05) is 12.1 Å². The number of para-hydroxylation sites is 2. The van der Waals surface area contributed by atoms with Crippen molar-refractivity contribution >= 4 is 29.8 Å². The molecule has 0 heterocycles. The molecule has 6 aliphatic carbocycles. The van der Waals surface area contributed by atoms with Crippen molar-refractivity contribution in [3.63, 3.8) is 0 Å². The smallest absolute Gasteiger partial charge is 0.338 e. The highest BCUT2D eigenvalue weighted by Gasteiger charge is 2.65. The number of carbonyl (C=O) groups is 5. The lowest BCUT2D eigenvalue weighted by atomic mass is 9.65. The van der Waals surface area contributed by atoms with Gasteiger partial charge in [0, 0.05) is 52.7 Å². The number of benzene rings is 3. The first kappa shape index (κ1) is 77.4. The number of phenols is 1. The number of rotatable bonds is 14. The van der Waals surface area contributed by atoms with Crippen LogP contribution in [0, 0.1) is 65.1 Å². The van der Waals surface area contributed by atoms with E-state index >= 15 is 0 Å². The van der Waals surface area contributed by atoms with E-state index < -0.39 is 11.6 Å². The second-order valence-corrected chi connectivity index (χ2v) is 25.4. The molecular formula is C72H104O16. The summed E-state index contributed by atoms with van der Waals surface area (Å²) >= 11 is 0. The van der Waals surface area contributed by atoms with Gasteiger partial charge in [0.15, 0.2) is 0 Å². The fourth-order valence-corrected chi connectivity index (χ4v) is 12.3. The van der Waals surface area contributed by atoms with E-state index in [0.717, 1.165) is 60.7 Å². The van der Waals surface area contributed by atoms with Crippen LogP contribution in [0.25, 0.3) is 0 Å². The van der Waals surface area contributed by atoms with Gasteiger partial charge in [-0.1, -0.05) is 76.7 Å². The fourth-order valence-electron chi connectivity index (χ4n) is 12.3. The van der Waals surface area contributed by atoms with Crippen LogP contribution < -0.4 is 14.2 Å². The molecule has 16 heteroatoms. The molecule has 0 spiro atoms. The van der Waals surface area contributed by atoms with Crippen molar-refractivity contribution in [3.8, 4) is 23.0 Å². The summed E-state index contributed by atoms with van der Waals surface area (Å²) in [7, 11) is 0. The Kier molecular flexibility index (Phi) is 33.4. The average molecular weight is 1230 g/mol. The van der Waals surface area contributed by atoms with Crippen molar-refractivity contribution in [1.82, 2.24) is 0 Å². The molecule has 0 aromatic heterocycles. The fraction of sp³-hybridized carbons (Fsp3) is 0.542. The minimum absolute atomic E-state index is 0. The number of esters is 5. The van der Waals surface area contributed by atoms with Crippen LogP contribution in [0.3, 0.4) is 0 Å². The average Bonchev–Trinajstić information content (AvgIpc) is 1.57. The molecule has 4 bridgehead atoms. The molecule has 488 valence electrons. The molecule has 6 fully saturated rings. The number of hydrogen-bond donors (Lipinski definition) is 6. The van der Waals surface area contributed by atoms with Gasteiger partial charge in [-0.25, -0.2) is 24.0 Å². The Morgan fingerprint density at radius 1 is 0.534 bits per heavy atom. The summed E-state index contributed by atoms with van der Waals surface area (Å²) in [6.07, 6.45) is 11.9. The first-order valence-corrected chi connectivity index (χ1v) is 30.3. The third-order valence-corrected chi connectivity index (χ3v) is 16.0. The third-order valence-electron chi connectivity index (χ3n) is 16.0. The molecule has 88 heavy (non-hydrogen) atoms. The number of aromatic hydroxyl groups is 1. The van der Waals surface area contributed by atoms with Crippen LogP contribution in [0.2, 0.25) is 0 Å². The van der Waals surface area contributed by atoms with Crippen LogP contribution in [0.1, 0.15) is 146 Å². The Labute approximate surface area is 524 Å². The van der Waals surface area contributed by atoms with Crippen molar-refractivity contribution < 1.29 is 78.3 Å². The van der Waals surface area contributed by atoms with Gasteiger partial charge in [-0.05, 0) is 241 Å². The summed E-state index contributed by atoms with van der Waals surface area (Å²) in [6, 6.07) is 22.0. The molecule has 16 nitrogen and oxygen atoms in total. The summed E-state index contributed by atoms with van der Waals surface area (Å²) < 4.78 is 25.8. The van der Waals surface area contributed by atoms with E-state index in [2.05, 4.69) is 32.9 Å². The van der Waals surface area contributed by atoms with Gasteiger partial charge in [-0.15, -0.1) is 0 Å². The minimum atomic E-state index is -0.537. The molecule has 6 N–H and O–H groups in total. The number of ether oxygens (including phenoxy) is 5. The predicted molar refractivity (Wildman–Crippen MR) is 344 cm³/mol. The Morgan fingerprint density at radius 2 is 0.943 bits per heavy atom.